The Hall–Kier alpha value is -2.14. The lowest BCUT2D eigenvalue weighted by Crippen LogP contribution is -2.15. The zero-order chi connectivity index (χ0) is 17.7. The largest absolute Gasteiger partial charge is 0.321 e. The van der Waals surface area contributed by atoms with E-state index in [2.05, 4.69) is 19.2 Å². The van der Waals surface area contributed by atoms with Gasteiger partial charge in [0.2, 0.25) is 0 Å². The van der Waals surface area contributed by atoms with Crippen LogP contribution in [-0.4, -0.2) is 20.6 Å². The molecule has 2 rings (SSSR count). The summed E-state index contributed by atoms with van der Waals surface area (Å²) in [6, 6.07) is 12.7. The van der Waals surface area contributed by atoms with Crippen molar-refractivity contribution in [3.63, 3.8) is 0 Å². The molecule has 24 heavy (non-hydrogen) atoms. The fraction of sp³-hybridized carbons (Fsp3) is 0.316. The van der Waals surface area contributed by atoms with Crippen LogP contribution in [0.25, 0.3) is 0 Å². The number of amides is 1. The molecule has 0 atom stereocenters. The smallest absolute Gasteiger partial charge is 0.255 e. The number of nitrogens with one attached hydrogen (secondary N) is 1. The average molecular weight is 345 g/mol. The summed E-state index contributed by atoms with van der Waals surface area (Å²) >= 11 is 0. The van der Waals surface area contributed by atoms with Crippen LogP contribution in [0.3, 0.4) is 0 Å². The number of carbonyl (C=O) groups excluding carboxylic acids is 1. The Morgan fingerprint density at radius 1 is 0.958 bits per heavy atom. The molecule has 2 aromatic rings. The molecule has 4 nitrogen and oxygen atoms in total. The molecule has 0 aliphatic carbocycles. The van der Waals surface area contributed by atoms with E-state index < -0.39 is 9.84 Å². The lowest BCUT2D eigenvalue weighted by Gasteiger charge is -2.14. The van der Waals surface area contributed by atoms with Crippen LogP contribution < -0.4 is 5.32 Å². The van der Waals surface area contributed by atoms with Crippen molar-refractivity contribution in [3.8, 4) is 0 Å². The van der Waals surface area contributed by atoms with E-state index in [9.17, 15) is 13.2 Å². The van der Waals surface area contributed by atoms with Gasteiger partial charge in [-0.05, 0) is 41.7 Å². The van der Waals surface area contributed by atoms with Crippen LogP contribution in [0.2, 0.25) is 0 Å². The summed E-state index contributed by atoms with van der Waals surface area (Å²) in [6.45, 7) is 4.12. The molecule has 2 aromatic carbocycles. The SMILES string of the molecule is CCc1cccc(CC)c1NC(=O)c1ccc(CS(C)(=O)=O)cc1. The van der Waals surface area contributed by atoms with Crippen LogP contribution in [0, 0.1) is 0 Å². The third-order valence-electron chi connectivity index (χ3n) is 3.88. The van der Waals surface area contributed by atoms with Gasteiger partial charge in [0.25, 0.3) is 5.91 Å². The molecule has 128 valence electrons. The standard InChI is InChI=1S/C19H23NO3S/c1-4-15-7-6-8-16(5-2)18(15)20-19(21)17-11-9-14(10-12-17)13-24(3,22)23/h6-12H,4-5,13H2,1-3H3,(H,20,21). The van der Waals surface area contributed by atoms with Gasteiger partial charge in [-0.3, -0.25) is 4.79 Å². The van der Waals surface area contributed by atoms with Crippen molar-refractivity contribution in [2.24, 2.45) is 0 Å². The van der Waals surface area contributed by atoms with Gasteiger partial charge in [0.15, 0.2) is 9.84 Å². The molecular weight excluding hydrogens is 322 g/mol. The van der Waals surface area contributed by atoms with Gasteiger partial charge in [-0.25, -0.2) is 8.42 Å². The maximum absolute atomic E-state index is 12.5. The molecule has 0 heterocycles. The van der Waals surface area contributed by atoms with E-state index in [4.69, 9.17) is 0 Å². The maximum Gasteiger partial charge on any atom is 0.255 e. The van der Waals surface area contributed by atoms with Crippen LogP contribution in [0.5, 0.6) is 0 Å². The lowest BCUT2D eigenvalue weighted by atomic mass is 10.0. The van der Waals surface area contributed by atoms with E-state index in [0.29, 0.717) is 11.1 Å². The predicted octanol–water partition coefficient (Wildman–Crippen LogP) is 3.61. The van der Waals surface area contributed by atoms with E-state index in [0.717, 1.165) is 29.7 Å². The highest BCUT2D eigenvalue weighted by Crippen LogP contribution is 2.23. The fourth-order valence-electron chi connectivity index (χ4n) is 2.64. The molecule has 0 aromatic heterocycles. The first-order chi connectivity index (χ1) is 11.3. The molecule has 0 bridgehead atoms. The summed E-state index contributed by atoms with van der Waals surface area (Å²) in [5.74, 6) is -0.204. The second kappa shape index (κ2) is 7.62. The van der Waals surface area contributed by atoms with E-state index in [-0.39, 0.29) is 11.7 Å². The quantitative estimate of drug-likeness (QED) is 0.870. The molecular formula is C19H23NO3S. The molecule has 0 unspecified atom stereocenters. The number of rotatable bonds is 6. The van der Waals surface area contributed by atoms with Gasteiger partial charge in [0.1, 0.15) is 0 Å². The monoisotopic (exact) mass is 345 g/mol. The first-order valence-electron chi connectivity index (χ1n) is 8.02. The molecule has 0 fully saturated rings. The summed E-state index contributed by atoms with van der Waals surface area (Å²) in [7, 11) is -3.08. The van der Waals surface area contributed by atoms with Gasteiger partial charge in [-0.2, -0.15) is 0 Å². The van der Waals surface area contributed by atoms with Crippen molar-refractivity contribution < 1.29 is 13.2 Å². The Morgan fingerprint density at radius 2 is 1.50 bits per heavy atom. The number of sulfone groups is 1. The van der Waals surface area contributed by atoms with Gasteiger partial charge >= 0.3 is 0 Å². The third kappa shape index (κ3) is 4.68. The minimum Gasteiger partial charge on any atom is -0.321 e. The number of benzene rings is 2. The Labute approximate surface area is 143 Å². The first-order valence-corrected chi connectivity index (χ1v) is 10.1. The average Bonchev–Trinajstić information content (AvgIpc) is 2.54. The highest BCUT2D eigenvalue weighted by Gasteiger charge is 2.12. The van der Waals surface area contributed by atoms with Crippen LogP contribution in [0.4, 0.5) is 5.69 Å². The molecule has 0 spiro atoms. The van der Waals surface area contributed by atoms with Crippen molar-refractivity contribution in [1.82, 2.24) is 0 Å². The molecule has 1 N–H and O–H groups in total. The van der Waals surface area contributed by atoms with Crippen molar-refractivity contribution in [1.29, 1.82) is 0 Å². The summed E-state index contributed by atoms with van der Waals surface area (Å²) in [6.07, 6.45) is 2.88. The molecule has 0 aliphatic heterocycles. The highest BCUT2D eigenvalue weighted by atomic mass is 32.2. The van der Waals surface area contributed by atoms with E-state index >= 15 is 0 Å². The first kappa shape index (κ1) is 18.2. The number of carbonyl (C=O) groups is 1. The van der Waals surface area contributed by atoms with Crippen molar-refractivity contribution in [2.75, 3.05) is 11.6 Å². The zero-order valence-corrected chi connectivity index (χ0v) is 15.1. The van der Waals surface area contributed by atoms with E-state index in [1.807, 2.05) is 18.2 Å². The van der Waals surface area contributed by atoms with Crippen molar-refractivity contribution in [3.05, 3.63) is 64.7 Å². The van der Waals surface area contributed by atoms with Gasteiger partial charge < -0.3 is 5.32 Å². The summed E-state index contributed by atoms with van der Waals surface area (Å²) < 4.78 is 22.6. The van der Waals surface area contributed by atoms with Crippen molar-refractivity contribution in [2.45, 2.75) is 32.4 Å². The molecule has 0 aliphatic rings. The molecule has 0 saturated heterocycles. The van der Waals surface area contributed by atoms with Crippen LogP contribution in [-0.2, 0) is 28.4 Å². The minimum absolute atomic E-state index is 0.0203. The summed E-state index contributed by atoms with van der Waals surface area (Å²) in [5.41, 5.74) is 4.29. The van der Waals surface area contributed by atoms with Crippen molar-refractivity contribution >= 4 is 21.4 Å². The lowest BCUT2D eigenvalue weighted by molar-refractivity contribution is 0.102. The zero-order valence-electron chi connectivity index (χ0n) is 14.3. The molecule has 0 saturated carbocycles. The number of hydrogen-bond donors (Lipinski definition) is 1. The normalized spacial score (nSPS) is 11.3. The number of aryl methyl sites for hydroxylation is 2. The Kier molecular flexibility index (Phi) is 5.78. The summed E-state index contributed by atoms with van der Waals surface area (Å²) in [4.78, 5) is 12.5. The molecule has 0 radical (unpaired) electrons. The van der Waals surface area contributed by atoms with E-state index in [1.54, 1.807) is 24.3 Å². The molecule has 5 heteroatoms. The molecule has 1 amide bonds. The van der Waals surface area contributed by atoms with Gasteiger partial charge in [-0.1, -0.05) is 44.2 Å². The van der Waals surface area contributed by atoms with E-state index in [1.165, 1.54) is 6.26 Å². The second-order valence-electron chi connectivity index (χ2n) is 5.88. The van der Waals surface area contributed by atoms with Gasteiger partial charge in [-0.15, -0.1) is 0 Å². The number of anilines is 1. The Balaban J connectivity index is 2.22. The minimum atomic E-state index is -3.08. The second-order valence-corrected chi connectivity index (χ2v) is 8.02. The number of para-hydroxylation sites is 1. The van der Waals surface area contributed by atoms with Crippen LogP contribution in [0.1, 0.15) is 40.9 Å². The predicted molar refractivity (Wildman–Crippen MR) is 98.1 cm³/mol. The Bertz CT molecular complexity index is 802. The summed E-state index contributed by atoms with van der Waals surface area (Å²) in [5, 5.41) is 3.01. The fourth-order valence-corrected chi connectivity index (χ4v) is 3.44. The third-order valence-corrected chi connectivity index (χ3v) is 4.74. The Morgan fingerprint density at radius 3 is 1.96 bits per heavy atom. The van der Waals surface area contributed by atoms with Gasteiger partial charge in [0.05, 0.1) is 5.75 Å². The van der Waals surface area contributed by atoms with Crippen LogP contribution >= 0.6 is 0 Å². The van der Waals surface area contributed by atoms with Gasteiger partial charge in [0, 0.05) is 17.5 Å². The number of hydrogen-bond acceptors (Lipinski definition) is 3. The topological polar surface area (TPSA) is 63.2 Å². The highest BCUT2D eigenvalue weighted by molar-refractivity contribution is 7.89. The maximum atomic E-state index is 12.5. The van der Waals surface area contributed by atoms with Crippen LogP contribution in [0.15, 0.2) is 42.5 Å².